The van der Waals surface area contributed by atoms with E-state index in [4.69, 9.17) is 5.73 Å². The molecule has 4 N–H and O–H groups in total. The van der Waals surface area contributed by atoms with Gasteiger partial charge in [0.25, 0.3) is 5.91 Å². The van der Waals surface area contributed by atoms with Crippen LogP contribution in [0.3, 0.4) is 0 Å². The fourth-order valence-corrected chi connectivity index (χ4v) is 2.91. The SMILES string of the molecule is NCC(=O)N1C[C@H](NC(=O)c2ccccc2)C[C@H]1c1ncc[nH]1. The van der Waals surface area contributed by atoms with Gasteiger partial charge in [0.2, 0.25) is 5.91 Å². The first-order valence-electron chi connectivity index (χ1n) is 7.53. The average Bonchev–Trinajstić information content (AvgIpc) is 3.24. The van der Waals surface area contributed by atoms with Gasteiger partial charge in [-0.2, -0.15) is 0 Å². The van der Waals surface area contributed by atoms with E-state index in [9.17, 15) is 9.59 Å². The van der Waals surface area contributed by atoms with E-state index >= 15 is 0 Å². The van der Waals surface area contributed by atoms with Gasteiger partial charge in [-0.3, -0.25) is 9.59 Å². The van der Waals surface area contributed by atoms with Gasteiger partial charge in [0, 0.05) is 30.5 Å². The monoisotopic (exact) mass is 313 g/mol. The van der Waals surface area contributed by atoms with Crippen LogP contribution in [0.2, 0.25) is 0 Å². The summed E-state index contributed by atoms with van der Waals surface area (Å²) in [5, 5.41) is 2.98. The molecule has 0 bridgehead atoms. The van der Waals surface area contributed by atoms with E-state index in [0.29, 0.717) is 24.4 Å². The van der Waals surface area contributed by atoms with Gasteiger partial charge in [-0.25, -0.2) is 4.98 Å². The molecule has 0 saturated carbocycles. The molecule has 7 nitrogen and oxygen atoms in total. The number of benzene rings is 1. The number of H-pyrrole nitrogens is 1. The number of hydrogen-bond acceptors (Lipinski definition) is 4. The molecule has 2 amide bonds. The lowest BCUT2D eigenvalue weighted by atomic mass is 10.1. The van der Waals surface area contributed by atoms with Crippen LogP contribution in [0.1, 0.15) is 28.6 Å². The minimum absolute atomic E-state index is 0.0590. The molecule has 1 aliphatic heterocycles. The summed E-state index contributed by atoms with van der Waals surface area (Å²) < 4.78 is 0. The Hall–Kier alpha value is -2.67. The maximum atomic E-state index is 12.3. The van der Waals surface area contributed by atoms with Crippen molar-refractivity contribution in [3.63, 3.8) is 0 Å². The van der Waals surface area contributed by atoms with E-state index < -0.39 is 0 Å². The quantitative estimate of drug-likeness (QED) is 0.762. The second kappa shape index (κ2) is 6.62. The fourth-order valence-electron chi connectivity index (χ4n) is 2.91. The molecular formula is C16H19N5O2. The molecule has 0 spiro atoms. The summed E-state index contributed by atoms with van der Waals surface area (Å²) in [4.78, 5) is 33.3. The second-order valence-electron chi connectivity index (χ2n) is 5.51. The Morgan fingerprint density at radius 1 is 1.35 bits per heavy atom. The molecular weight excluding hydrogens is 294 g/mol. The molecule has 23 heavy (non-hydrogen) atoms. The lowest BCUT2D eigenvalue weighted by molar-refractivity contribution is -0.130. The largest absolute Gasteiger partial charge is 0.347 e. The van der Waals surface area contributed by atoms with Crippen LogP contribution in [0.5, 0.6) is 0 Å². The minimum Gasteiger partial charge on any atom is -0.347 e. The van der Waals surface area contributed by atoms with Crippen LogP contribution in [-0.2, 0) is 4.79 Å². The zero-order chi connectivity index (χ0) is 16.2. The number of carbonyl (C=O) groups is 2. The molecule has 1 aliphatic rings. The lowest BCUT2D eigenvalue weighted by Crippen LogP contribution is -2.40. The average molecular weight is 313 g/mol. The lowest BCUT2D eigenvalue weighted by Gasteiger charge is -2.22. The van der Waals surface area contributed by atoms with Crippen LogP contribution in [-0.4, -0.2) is 45.8 Å². The Morgan fingerprint density at radius 2 is 2.13 bits per heavy atom. The number of nitrogens with zero attached hydrogens (tertiary/aromatic N) is 2. The highest BCUT2D eigenvalue weighted by Crippen LogP contribution is 2.30. The first-order valence-corrected chi connectivity index (χ1v) is 7.53. The Morgan fingerprint density at radius 3 is 2.78 bits per heavy atom. The topological polar surface area (TPSA) is 104 Å². The molecule has 2 atom stereocenters. The summed E-state index contributed by atoms with van der Waals surface area (Å²) in [5.74, 6) is 0.418. The van der Waals surface area contributed by atoms with Crippen molar-refractivity contribution in [1.82, 2.24) is 20.2 Å². The number of nitrogens with one attached hydrogen (secondary N) is 2. The number of rotatable bonds is 4. The van der Waals surface area contributed by atoms with Gasteiger partial charge in [0.1, 0.15) is 5.82 Å². The number of amides is 2. The molecule has 3 rings (SSSR count). The standard InChI is InChI=1S/C16H19N5O2/c17-9-14(22)21-10-12(8-13(21)15-18-6-7-19-15)20-16(23)11-4-2-1-3-5-11/h1-7,12-13H,8-10,17H2,(H,18,19)(H,20,23)/t12-,13+/m1/s1. The zero-order valence-electron chi connectivity index (χ0n) is 12.6. The van der Waals surface area contributed by atoms with Crippen molar-refractivity contribution < 1.29 is 9.59 Å². The number of hydrogen-bond donors (Lipinski definition) is 3. The number of aromatic amines is 1. The van der Waals surface area contributed by atoms with Gasteiger partial charge < -0.3 is 20.9 Å². The first kappa shape index (κ1) is 15.2. The maximum absolute atomic E-state index is 12.3. The molecule has 7 heteroatoms. The number of aromatic nitrogens is 2. The van der Waals surface area contributed by atoms with Crippen molar-refractivity contribution in [2.45, 2.75) is 18.5 Å². The summed E-state index contributed by atoms with van der Waals surface area (Å²) in [6, 6.07) is 8.70. The summed E-state index contributed by atoms with van der Waals surface area (Å²) >= 11 is 0. The van der Waals surface area contributed by atoms with Crippen LogP contribution in [0.15, 0.2) is 42.7 Å². The van der Waals surface area contributed by atoms with Crippen molar-refractivity contribution in [2.75, 3.05) is 13.1 Å². The highest BCUT2D eigenvalue weighted by atomic mass is 16.2. The second-order valence-corrected chi connectivity index (χ2v) is 5.51. The zero-order valence-corrected chi connectivity index (χ0v) is 12.6. The molecule has 120 valence electrons. The first-order chi connectivity index (χ1) is 11.2. The predicted octanol–water partition coefficient (Wildman–Crippen LogP) is 0.440. The van der Waals surface area contributed by atoms with Crippen molar-refractivity contribution >= 4 is 11.8 Å². The van der Waals surface area contributed by atoms with Crippen LogP contribution < -0.4 is 11.1 Å². The Balaban J connectivity index is 1.72. The third-order valence-corrected chi connectivity index (χ3v) is 4.00. The van der Waals surface area contributed by atoms with Crippen molar-refractivity contribution in [1.29, 1.82) is 0 Å². The number of likely N-dealkylation sites (tertiary alicyclic amines) is 1. The molecule has 1 aromatic heterocycles. The van der Waals surface area contributed by atoms with Crippen LogP contribution in [0.25, 0.3) is 0 Å². The van der Waals surface area contributed by atoms with E-state index in [1.54, 1.807) is 29.4 Å². The molecule has 0 radical (unpaired) electrons. The van der Waals surface area contributed by atoms with E-state index in [1.807, 2.05) is 18.2 Å². The Bertz CT molecular complexity index is 671. The van der Waals surface area contributed by atoms with Gasteiger partial charge in [-0.15, -0.1) is 0 Å². The third-order valence-electron chi connectivity index (χ3n) is 4.00. The molecule has 2 heterocycles. The molecule has 0 aliphatic carbocycles. The molecule has 2 aromatic rings. The van der Waals surface area contributed by atoms with E-state index in [1.165, 1.54) is 0 Å². The predicted molar refractivity (Wildman–Crippen MR) is 84.4 cm³/mol. The number of imidazole rings is 1. The van der Waals surface area contributed by atoms with Gasteiger partial charge in [0.05, 0.1) is 12.6 Å². The van der Waals surface area contributed by atoms with E-state index in [-0.39, 0.29) is 30.4 Å². The molecule has 1 saturated heterocycles. The van der Waals surface area contributed by atoms with Gasteiger partial charge in [-0.05, 0) is 18.6 Å². The van der Waals surface area contributed by atoms with E-state index in [0.717, 1.165) is 0 Å². The maximum Gasteiger partial charge on any atom is 0.251 e. The van der Waals surface area contributed by atoms with Crippen molar-refractivity contribution in [3.05, 3.63) is 54.1 Å². The highest BCUT2D eigenvalue weighted by molar-refractivity contribution is 5.94. The van der Waals surface area contributed by atoms with Crippen LogP contribution in [0, 0.1) is 0 Å². The smallest absolute Gasteiger partial charge is 0.251 e. The molecule has 0 unspecified atom stereocenters. The van der Waals surface area contributed by atoms with Crippen LogP contribution in [0.4, 0.5) is 0 Å². The summed E-state index contributed by atoms with van der Waals surface area (Å²) in [6.45, 7) is 0.372. The minimum atomic E-state index is -0.192. The summed E-state index contributed by atoms with van der Waals surface area (Å²) in [6.07, 6.45) is 3.98. The van der Waals surface area contributed by atoms with Crippen molar-refractivity contribution in [2.24, 2.45) is 5.73 Å². The fraction of sp³-hybridized carbons (Fsp3) is 0.312. The van der Waals surface area contributed by atoms with Gasteiger partial charge in [-0.1, -0.05) is 18.2 Å². The van der Waals surface area contributed by atoms with Crippen LogP contribution >= 0.6 is 0 Å². The Kier molecular flexibility index (Phi) is 4.38. The normalized spacial score (nSPS) is 20.5. The van der Waals surface area contributed by atoms with E-state index in [2.05, 4.69) is 15.3 Å². The summed E-state index contributed by atoms with van der Waals surface area (Å²) in [7, 11) is 0. The number of nitrogens with two attached hydrogens (primary N) is 1. The van der Waals surface area contributed by atoms with Crippen molar-refractivity contribution in [3.8, 4) is 0 Å². The van der Waals surface area contributed by atoms with Gasteiger partial charge in [0.15, 0.2) is 0 Å². The summed E-state index contributed by atoms with van der Waals surface area (Å²) in [5.41, 5.74) is 6.10. The molecule has 1 aromatic carbocycles. The molecule has 1 fully saturated rings. The van der Waals surface area contributed by atoms with Gasteiger partial charge >= 0.3 is 0 Å². The Labute approximate surface area is 133 Å². The highest BCUT2D eigenvalue weighted by Gasteiger charge is 2.37. The third kappa shape index (κ3) is 3.24. The number of carbonyl (C=O) groups excluding carboxylic acids is 2.